The molecule has 0 aliphatic carbocycles. The Morgan fingerprint density at radius 3 is 2.24 bits per heavy atom. The minimum absolute atomic E-state index is 0.0124. The van der Waals surface area contributed by atoms with Crippen LogP contribution in [-0.4, -0.2) is 60.4 Å². The molecule has 0 saturated carbocycles. The quantitative estimate of drug-likeness (QED) is 0.429. The van der Waals surface area contributed by atoms with Crippen LogP contribution in [0, 0.1) is 13.8 Å². The van der Waals surface area contributed by atoms with Crippen molar-refractivity contribution in [3.05, 3.63) is 46.8 Å². The Kier molecular flexibility index (Phi) is 5.53. The van der Waals surface area contributed by atoms with Gasteiger partial charge in [-0.05, 0) is 32.9 Å². The zero-order valence-corrected chi connectivity index (χ0v) is 17.0. The zero-order valence-electron chi connectivity index (χ0n) is 16.1. The molecule has 3 N–H and O–H groups in total. The van der Waals surface area contributed by atoms with Gasteiger partial charge in [-0.1, -0.05) is 12.1 Å². The van der Waals surface area contributed by atoms with Gasteiger partial charge in [-0.2, -0.15) is 5.10 Å². The first kappa shape index (κ1) is 20.7. The summed E-state index contributed by atoms with van der Waals surface area (Å²) in [5.41, 5.74) is 1.28. The highest BCUT2D eigenvalue weighted by atomic mass is 32.2. The molecule has 3 amide bonds. The third kappa shape index (κ3) is 3.78. The van der Waals surface area contributed by atoms with E-state index in [-0.39, 0.29) is 29.1 Å². The molecule has 11 heteroatoms. The van der Waals surface area contributed by atoms with Gasteiger partial charge >= 0.3 is 0 Å². The Morgan fingerprint density at radius 2 is 1.72 bits per heavy atom. The lowest BCUT2D eigenvalue weighted by molar-refractivity contribution is -0.124. The monoisotopic (exact) mass is 419 g/mol. The Balaban J connectivity index is 1.57. The molecule has 2 aromatic rings. The summed E-state index contributed by atoms with van der Waals surface area (Å²) in [6.07, 6.45) is 0. The van der Waals surface area contributed by atoms with Crippen LogP contribution in [0.2, 0.25) is 0 Å². The van der Waals surface area contributed by atoms with Crippen LogP contribution in [-0.2, 0) is 14.8 Å². The highest BCUT2D eigenvalue weighted by Crippen LogP contribution is 2.24. The second kappa shape index (κ2) is 7.76. The van der Waals surface area contributed by atoms with E-state index in [9.17, 15) is 22.8 Å². The number of H-pyrrole nitrogens is 1. The lowest BCUT2D eigenvalue weighted by atomic mass is 10.1. The van der Waals surface area contributed by atoms with E-state index in [0.29, 0.717) is 11.4 Å². The smallest absolute Gasteiger partial charge is 0.262 e. The summed E-state index contributed by atoms with van der Waals surface area (Å²) >= 11 is 0. The van der Waals surface area contributed by atoms with E-state index in [2.05, 4.69) is 20.2 Å². The number of carbonyl (C=O) groups excluding carboxylic acids is 3. The fourth-order valence-corrected chi connectivity index (χ4v) is 4.60. The number of carbonyl (C=O) groups is 3. The molecule has 1 aliphatic heterocycles. The zero-order chi connectivity index (χ0) is 21.3. The van der Waals surface area contributed by atoms with E-state index in [0.717, 1.165) is 4.90 Å². The highest BCUT2D eigenvalue weighted by Gasteiger charge is 2.40. The topological polar surface area (TPSA) is 141 Å². The predicted octanol–water partition coefficient (Wildman–Crippen LogP) is 0.106. The standard InChI is InChI=1S/C18H21N5O5S/c1-10-15(11(2)22-21-10)29(27,28)20-9-8-19-16(24)12(3)23-17(25)13-6-4-5-7-14(13)18(23)26/h4-7,12,20H,8-9H2,1-3H3,(H,19,24)(H,21,22). The molecule has 29 heavy (non-hydrogen) atoms. The Bertz CT molecular complexity index is 1040. The first-order chi connectivity index (χ1) is 13.6. The number of hydrogen-bond acceptors (Lipinski definition) is 6. The van der Waals surface area contributed by atoms with Gasteiger partial charge in [0.2, 0.25) is 15.9 Å². The molecular weight excluding hydrogens is 398 g/mol. The maximum absolute atomic E-state index is 12.4. The molecule has 0 fully saturated rings. The number of amides is 3. The first-order valence-corrected chi connectivity index (χ1v) is 10.4. The molecule has 1 aromatic heterocycles. The number of hydrogen-bond donors (Lipinski definition) is 3. The number of imide groups is 1. The van der Waals surface area contributed by atoms with Gasteiger partial charge in [0.15, 0.2) is 0 Å². The van der Waals surface area contributed by atoms with Crippen LogP contribution in [0.1, 0.15) is 39.0 Å². The molecule has 154 valence electrons. The summed E-state index contributed by atoms with van der Waals surface area (Å²) in [6, 6.07) is 5.34. The Morgan fingerprint density at radius 1 is 1.14 bits per heavy atom. The van der Waals surface area contributed by atoms with E-state index in [1.807, 2.05) is 0 Å². The lowest BCUT2D eigenvalue weighted by Crippen LogP contribution is -2.49. The minimum Gasteiger partial charge on any atom is -0.353 e. The molecular formula is C18H21N5O5S. The highest BCUT2D eigenvalue weighted by molar-refractivity contribution is 7.89. The van der Waals surface area contributed by atoms with Crippen molar-refractivity contribution in [2.75, 3.05) is 13.1 Å². The lowest BCUT2D eigenvalue weighted by Gasteiger charge is -2.21. The molecule has 2 heterocycles. The maximum Gasteiger partial charge on any atom is 0.262 e. The number of nitrogens with zero attached hydrogens (tertiary/aromatic N) is 2. The molecule has 10 nitrogen and oxygen atoms in total. The van der Waals surface area contributed by atoms with E-state index < -0.39 is 33.8 Å². The number of benzene rings is 1. The summed E-state index contributed by atoms with van der Waals surface area (Å²) in [7, 11) is -3.78. The molecule has 1 aromatic carbocycles. The minimum atomic E-state index is -3.78. The summed E-state index contributed by atoms with van der Waals surface area (Å²) in [6.45, 7) is 4.54. The number of aromatic amines is 1. The fourth-order valence-electron chi connectivity index (χ4n) is 3.20. The van der Waals surface area contributed by atoms with Crippen LogP contribution in [0.4, 0.5) is 0 Å². The van der Waals surface area contributed by atoms with Gasteiger partial charge in [-0.3, -0.25) is 24.4 Å². The van der Waals surface area contributed by atoms with Crippen molar-refractivity contribution in [1.82, 2.24) is 25.1 Å². The Hall–Kier alpha value is -3.05. The van der Waals surface area contributed by atoms with Crippen molar-refractivity contribution in [3.8, 4) is 0 Å². The molecule has 1 unspecified atom stereocenters. The van der Waals surface area contributed by atoms with Crippen LogP contribution >= 0.6 is 0 Å². The molecule has 0 spiro atoms. The van der Waals surface area contributed by atoms with Gasteiger partial charge in [-0.25, -0.2) is 13.1 Å². The number of aromatic nitrogens is 2. The SMILES string of the molecule is Cc1n[nH]c(C)c1S(=O)(=O)NCCNC(=O)C(C)N1C(=O)c2ccccc2C1=O. The Labute approximate surface area is 167 Å². The number of sulfonamides is 1. The van der Waals surface area contributed by atoms with Crippen molar-refractivity contribution >= 4 is 27.7 Å². The van der Waals surface area contributed by atoms with Gasteiger partial charge in [0.1, 0.15) is 10.9 Å². The van der Waals surface area contributed by atoms with Gasteiger partial charge in [-0.15, -0.1) is 0 Å². The van der Waals surface area contributed by atoms with Crippen LogP contribution in [0.5, 0.6) is 0 Å². The average Bonchev–Trinajstić information content (AvgIpc) is 3.15. The van der Waals surface area contributed by atoms with Crippen molar-refractivity contribution < 1.29 is 22.8 Å². The van der Waals surface area contributed by atoms with E-state index >= 15 is 0 Å². The maximum atomic E-state index is 12.4. The largest absolute Gasteiger partial charge is 0.353 e. The van der Waals surface area contributed by atoms with E-state index in [1.165, 1.54) is 19.1 Å². The van der Waals surface area contributed by atoms with Gasteiger partial charge in [0, 0.05) is 13.1 Å². The number of aryl methyl sites for hydroxylation is 2. The van der Waals surface area contributed by atoms with Gasteiger partial charge in [0.25, 0.3) is 11.8 Å². The summed E-state index contributed by atoms with van der Waals surface area (Å²) < 4.78 is 27.1. The third-order valence-corrected chi connectivity index (χ3v) is 6.36. The van der Waals surface area contributed by atoms with Crippen molar-refractivity contribution in [1.29, 1.82) is 0 Å². The van der Waals surface area contributed by atoms with Crippen LogP contribution in [0.15, 0.2) is 29.2 Å². The second-order valence-corrected chi connectivity index (χ2v) is 8.36. The molecule has 0 radical (unpaired) electrons. The summed E-state index contributed by atoms with van der Waals surface area (Å²) in [4.78, 5) is 38.2. The number of nitrogens with one attached hydrogen (secondary N) is 3. The molecule has 3 rings (SSSR count). The first-order valence-electron chi connectivity index (χ1n) is 8.91. The average molecular weight is 419 g/mol. The summed E-state index contributed by atoms with van der Waals surface area (Å²) in [5.74, 6) is -1.62. The van der Waals surface area contributed by atoms with Gasteiger partial charge < -0.3 is 5.32 Å². The normalized spacial score (nSPS) is 14.8. The van der Waals surface area contributed by atoms with Crippen molar-refractivity contribution in [3.63, 3.8) is 0 Å². The second-order valence-electron chi connectivity index (χ2n) is 6.65. The molecule has 1 aliphatic rings. The molecule has 0 bridgehead atoms. The van der Waals surface area contributed by atoms with E-state index in [4.69, 9.17) is 0 Å². The van der Waals surface area contributed by atoms with Gasteiger partial charge in [0.05, 0.1) is 22.5 Å². The van der Waals surface area contributed by atoms with Crippen molar-refractivity contribution in [2.24, 2.45) is 0 Å². The van der Waals surface area contributed by atoms with Crippen LogP contribution < -0.4 is 10.0 Å². The van der Waals surface area contributed by atoms with E-state index in [1.54, 1.807) is 26.0 Å². The summed E-state index contributed by atoms with van der Waals surface area (Å²) in [5, 5.41) is 9.00. The van der Waals surface area contributed by atoms with Crippen molar-refractivity contribution in [2.45, 2.75) is 31.7 Å². The number of rotatable bonds is 7. The third-order valence-electron chi connectivity index (χ3n) is 4.64. The fraction of sp³-hybridized carbons (Fsp3) is 0.333. The predicted molar refractivity (Wildman–Crippen MR) is 103 cm³/mol. The number of fused-ring (bicyclic) bond motifs is 1. The van der Waals surface area contributed by atoms with Crippen LogP contribution in [0.3, 0.4) is 0 Å². The van der Waals surface area contributed by atoms with Crippen LogP contribution in [0.25, 0.3) is 0 Å². The molecule has 1 atom stereocenters. The molecule has 0 saturated heterocycles.